The largest absolute Gasteiger partial charge is 0.498 e. The summed E-state index contributed by atoms with van der Waals surface area (Å²) in [5.41, 5.74) is 0.352. The molecule has 0 spiro atoms. The Kier molecular flexibility index (Phi) is 6.77. The van der Waals surface area contributed by atoms with Gasteiger partial charge in [-0.1, -0.05) is 26.0 Å². The minimum Gasteiger partial charge on any atom is -0.498 e. The highest BCUT2D eigenvalue weighted by atomic mass is 19.1. The maximum absolute atomic E-state index is 13.1. The minimum atomic E-state index is -0.406. The first-order chi connectivity index (χ1) is 9.54. The number of unbranched alkanes of at least 4 members (excludes halogenated alkanes) is 1. The predicted octanol–water partition coefficient (Wildman–Crippen LogP) is 3.62. The molecule has 0 aliphatic rings. The summed E-state index contributed by atoms with van der Waals surface area (Å²) >= 11 is 0. The molecule has 0 saturated heterocycles. The van der Waals surface area contributed by atoms with Crippen molar-refractivity contribution in [3.8, 4) is 0 Å². The normalized spacial score (nSPS) is 10.2. The molecular formula is C16H22FNO2. The van der Waals surface area contributed by atoms with E-state index in [1.807, 2.05) is 0 Å². The smallest absolute Gasteiger partial charge is 0.253 e. The van der Waals surface area contributed by atoms with Crippen LogP contribution in [0.25, 0.3) is 0 Å². The van der Waals surface area contributed by atoms with E-state index in [1.54, 1.807) is 18.0 Å². The molecule has 0 bridgehead atoms. The van der Waals surface area contributed by atoms with Crippen LogP contribution in [-0.2, 0) is 4.74 Å². The first kappa shape index (κ1) is 16.2. The van der Waals surface area contributed by atoms with Gasteiger partial charge in [-0.3, -0.25) is 4.79 Å². The number of hydrogen-bond donors (Lipinski definition) is 0. The zero-order valence-corrected chi connectivity index (χ0v) is 12.2. The van der Waals surface area contributed by atoms with E-state index < -0.39 is 5.82 Å². The second kappa shape index (κ2) is 8.35. The first-order valence-corrected chi connectivity index (χ1v) is 6.86. The van der Waals surface area contributed by atoms with E-state index >= 15 is 0 Å². The van der Waals surface area contributed by atoms with Crippen LogP contribution in [0.5, 0.6) is 0 Å². The number of benzene rings is 1. The molecule has 0 atom stereocenters. The maximum atomic E-state index is 13.1. The summed E-state index contributed by atoms with van der Waals surface area (Å²) < 4.78 is 18.5. The molecule has 0 fully saturated rings. The van der Waals surface area contributed by atoms with Gasteiger partial charge in [-0.25, -0.2) is 4.39 Å². The van der Waals surface area contributed by atoms with Gasteiger partial charge in [0.2, 0.25) is 0 Å². The zero-order chi connectivity index (χ0) is 15.0. The number of rotatable bonds is 8. The molecule has 0 N–H and O–H groups in total. The number of amides is 1. The summed E-state index contributed by atoms with van der Waals surface area (Å²) in [4.78, 5) is 13.6. The van der Waals surface area contributed by atoms with Gasteiger partial charge in [-0.2, -0.15) is 0 Å². The van der Waals surface area contributed by atoms with E-state index in [1.165, 1.54) is 18.2 Å². The molecule has 0 aliphatic heterocycles. The van der Waals surface area contributed by atoms with E-state index in [4.69, 9.17) is 4.74 Å². The van der Waals surface area contributed by atoms with Crippen molar-refractivity contribution in [1.82, 2.24) is 4.90 Å². The lowest BCUT2D eigenvalue weighted by atomic mass is 10.2. The van der Waals surface area contributed by atoms with Gasteiger partial charge in [-0.05, 0) is 24.6 Å². The fourth-order valence-electron chi connectivity index (χ4n) is 1.67. The minimum absolute atomic E-state index is 0.203. The zero-order valence-electron chi connectivity index (χ0n) is 12.2. The molecular weight excluding hydrogens is 257 g/mol. The Hall–Kier alpha value is -1.84. The molecule has 0 saturated carbocycles. The standard InChI is InChI=1S/C16H22FNO2/c1-4-5-11-20-13(2)9-10-18(3)16(19)14-7-6-8-15(17)12-14/h6-8,12H,2,4-5,9-11H2,1,3H3. The molecule has 0 radical (unpaired) electrons. The Bertz CT molecular complexity index is 460. The van der Waals surface area contributed by atoms with Crippen LogP contribution in [0.3, 0.4) is 0 Å². The lowest BCUT2D eigenvalue weighted by Crippen LogP contribution is -2.28. The molecule has 4 heteroatoms. The van der Waals surface area contributed by atoms with Crippen molar-refractivity contribution in [2.75, 3.05) is 20.2 Å². The van der Waals surface area contributed by atoms with Crippen molar-refractivity contribution in [3.63, 3.8) is 0 Å². The number of hydrogen-bond acceptors (Lipinski definition) is 2. The number of carbonyl (C=O) groups excluding carboxylic acids is 1. The average Bonchev–Trinajstić information content (AvgIpc) is 2.44. The Morgan fingerprint density at radius 1 is 1.45 bits per heavy atom. The lowest BCUT2D eigenvalue weighted by Gasteiger charge is -2.18. The highest BCUT2D eigenvalue weighted by Gasteiger charge is 2.12. The fraction of sp³-hybridized carbons (Fsp3) is 0.438. The van der Waals surface area contributed by atoms with E-state index in [9.17, 15) is 9.18 Å². The highest BCUT2D eigenvalue weighted by Crippen LogP contribution is 2.09. The van der Waals surface area contributed by atoms with Gasteiger partial charge in [0, 0.05) is 25.6 Å². The second-order valence-electron chi connectivity index (χ2n) is 4.73. The highest BCUT2D eigenvalue weighted by molar-refractivity contribution is 5.94. The van der Waals surface area contributed by atoms with Gasteiger partial charge in [0.1, 0.15) is 5.82 Å². The third-order valence-electron chi connectivity index (χ3n) is 2.95. The number of halogens is 1. The van der Waals surface area contributed by atoms with Gasteiger partial charge < -0.3 is 9.64 Å². The summed E-state index contributed by atoms with van der Waals surface area (Å²) in [6, 6.07) is 5.70. The molecule has 3 nitrogen and oxygen atoms in total. The van der Waals surface area contributed by atoms with Crippen LogP contribution < -0.4 is 0 Å². The van der Waals surface area contributed by atoms with Crippen LogP contribution in [0.2, 0.25) is 0 Å². The molecule has 1 rings (SSSR count). The van der Waals surface area contributed by atoms with E-state index in [0.717, 1.165) is 12.8 Å². The van der Waals surface area contributed by atoms with E-state index in [2.05, 4.69) is 13.5 Å². The monoisotopic (exact) mass is 279 g/mol. The average molecular weight is 279 g/mol. The number of ether oxygens (including phenoxy) is 1. The summed E-state index contributed by atoms with van der Waals surface area (Å²) in [5.74, 6) is 0.0692. The Morgan fingerprint density at radius 3 is 2.85 bits per heavy atom. The van der Waals surface area contributed by atoms with Crippen LogP contribution in [0.4, 0.5) is 4.39 Å². The van der Waals surface area contributed by atoms with Crippen LogP contribution in [0.1, 0.15) is 36.5 Å². The first-order valence-electron chi connectivity index (χ1n) is 6.86. The molecule has 0 heterocycles. The van der Waals surface area contributed by atoms with Crippen molar-refractivity contribution in [1.29, 1.82) is 0 Å². The number of nitrogens with zero attached hydrogens (tertiary/aromatic N) is 1. The van der Waals surface area contributed by atoms with E-state index in [-0.39, 0.29) is 5.91 Å². The lowest BCUT2D eigenvalue weighted by molar-refractivity contribution is 0.0788. The third-order valence-corrected chi connectivity index (χ3v) is 2.95. The van der Waals surface area contributed by atoms with Crippen molar-refractivity contribution < 1.29 is 13.9 Å². The van der Waals surface area contributed by atoms with Crippen LogP contribution in [-0.4, -0.2) is 31.0 Å². The second-order valence-corrected chi connectivity index (χ2v) is 4.73. The summed E-state index contributed by atoms with van der Waals surface area (Å²) in [6.07, 6.45) is 2.66. The molecule has 1 aromatic carbocycles. The van der Waals surface area contributed by atoms with Gasteiger partial charge in [0.05, 0.1) is 12.4 Å². The molecule has 0 aromatic heterocycles. The van der Waals surface area contributed by atoms with E-state index in [0.29, 0.717) is 30.9 Å². The van der Waals surface area contributed by atoms with Gasteiger partial charge in [-0.15, -0.1) is 0 Å². The quantitative estimate of drug-likeness (QED) is 0.537. The van der Waals surface area contributed by atoms with Gasteiger partial charge >= 0.3 is 0 Å². The molecule has 0 unspecified atom stereocenters. The van der Waals surface area contributed by atoms with Crippen LogP contribution >= 0.6 is 0 Å². The van der Waals surface area contributed by atoms with Crippen LogP contribution in [0, 0.1) is 5.82 Å². The predicted molar refractivity (Wildman–Crippen MR) is 78.0 cm³/mol. The Balaban J connectivity index is 2.40. The SMILES string of the molecule is C=C(CCN(C)C(=O)c1cccc(F)c1)OCCCC. The van der Waals surface area contributed by atoms with Crippen molar-refractivity contribution in [2.45, 2.75) is 26.2 Å². The third kappa shape index (κ3) is 5.43. The van der Waals surface area contributed by atoms with Crippen molar-refractivity contribution >= 4 is 5.91 Å². The Morgan fingerprint density at radius 2 is 2.20 bits per heavy atom. The topological polar surface area (TPSA) is 29.5 Å². The summed E-state index contributed by atoms with van der Waals surface area (Å²) in [6.45, 7) is 7.08. The molecule has 110 valence electrons. The van der Waals surface area contributed by atoms with Gasteiger partial charge in [0.25, 0.3) is 5.91 Å². The Labute approximate surface area is 120 Å². The summed E-state index contributed by atoms with van der Waals surface area (Å²) in [5, 5.41) is 0. The molecule has 1 amide bonds. The maximum Gasteiger partial charge on any atom is 0.253 e. The molecule has 0 aliphatic carbocycles. The van der Waals surface area contributed by atoms with Gasteiger partial charge in [0.15, 0.2) is 0 Å². The number of carbonyl (C=O) groups is 1. The summed E-state index contributed by atoms with van der Waals surface area (Å²) in [7, 11) is 1.69. The fourth-order valence-corrected chi connectivity index (χ4v) is 1.67. The van der Waals surface area contributed by atoms with Crippen LogP contribution in [0.15, 0.2) is 36.6 Å². The van der Waals surface area contributed by atoms with Crippen molar-refractivity contribution in [2.24, 2.45) is 0 Å². The molecule has 1 aromatic rings. The van der Waals surface area contributed by atoms with Crippen molar-refractivity contribution in [3.05, 3.63) is 48.0 Å². The molecule has 20 heavy (non-hydrogen) atoms.